The lowest BCUT2D eigenvalue weighted by atomic mass is 10.1. The van der Waals surface area contributed by atoms with Crippen molar-refractivity contribution >= 4 is 33.2 Å². The van der Waals surface area contributed by atoms with Crippen molar-refractivity contribution in [3.63, 3.8) is 0 Å². The number of nitrogens with two attached hydrogens (primary N) is 1. The van der Waals surface area contributed by atoms with Gasteiger partial charge in [0.05, 0.1) is 12.1 Å². The van der Waals surface area contributed by atoms with Crippen molar-refractivity contribution in [3.8, 4) is 0 Å². The van der Waals surface area contributed by atoms with Crippen LogP contribution >= 0.6 is 15.9 Å². The third-order valence-electron chi connectivity index (χ3n) is 2.67. The summed E-state index contributed by atoms with van der Waals surface area (Å²) in [5, 5.41) is 2.57. The second-order valence-electron chi connectivity index (χ2n) is 4.16. The first-order chi connectivity index (χ1) is 9.47. The number of rotatable bonds is 3. The second kappa shape index (κ2) is 6.00. The Morgan fingerprint density at radius 1 is 1.20 bits per heavy atom. The lowest BCUT2D eigenvalue weighted by Gasteiger charge is -2.09. The number of halogens is 3. The van der Waals surface area contributed by atoms with Crippen LogP contribution in [-0.4, -0.2) is 5.91 Å². The molecule has 2 rings (SSSR count). The average Bonchev–Trinajstić information content (AvgIpc) is 2.37. The highest BCUT2D eigenvalue weighted by atomic mass is 79.9. The Labute approximate surface area is 122 Å². The zero-order valence-corrected chi connectivity index (χ0v) is 11.9. The Bertz CT molecular complexity index is 641. The van der Waals surface area contributed by atoms with Crippen LogP contribution in [0.3, 0.4) is 0 Å². The fraction of sp³-hybridized carbons (Fsp3) is 0.0714. The highest BCUT2D eigenvalue weighted by molar-refractivity contribution is 9.10. The summed E-state index contributed by atoms with van der Waals surface area (Å²) in [5.41, 5.74) is 6.35. The van der Waals surface area contributed by atoms with Gasteiger partial charge >= 0.3 is 0 Å². The number of benzene rings is 2. The zero-order valence-electron chi connectivity index (χ0n) is 10.3. The van der Waals surface area contributed by atoms with E-state index in [1.54, 1.807) is 18.2 Å². The number of hydrogen-bond donors (Lipinski definition) is 2. The first-order valence-electron chi connectivity index (χ1n) is 5.75. The van der Waals surface area contributed by atoms with E-state index < -0.39 is 17.5 Å². The minimum absolute atomic E-state index is 0.253. The molecule has 0 aliphatic heterocycles. The van der Waals surface area contributed by atoms with Gasteiger partial charge in [0.15, 0.2) is 0 Å². The van der Waals surface area contributed by atoms with E-state index in [1.165, 1.54) is 6.07 Å². The maximum absolute atomic E-state index is 13.4. The van der Waals surface area contributed by atoms with Crippen LogP contribution in [0.15, 0.2) is 40.9 Å². The van der Waals surface area contributed by atoms with E-state index in [-0.39, 0.29) is 12.0 Å². The van der Waals surface area contributed by atoms with Gasteiger partial charge in [-0.1, -0.05) is 6.07 Å². The molecule has 0 saturated heterocycles. The molecule has 3 nitrogen and oxygen atoms in total. The summed E-state index contributed by atoms with van der Waals surface area (Å²) >= 11 is 3.25. The molecule has 104 valence electrons. The van der Waals surface area contributed by atoms with E-state index in [0.717, 1.165) is 12.1 Å². The predicted octanol–water partition coefficient (Wildman–Crippen LogP) is 3.49. The first-order valence-corrected chi connectivity index (χ1v) is 6.54. The number of amides is 1. The molecular weight excluding hydrogens is 330 g/mol. The molecule has 0 fully saturated rings. The average molecular weight is 341 g/mol. The number of hydrogen-bond acceptors (Lipinski definition) is 2. The maximum atomic E-state index is 13.4. The summed E-state index contributed by atoms with van der Waals surface area (Å²) in [6.45, 7) is 0. The highest BCUT2D eigenvalue weighted by Gasteiger charge is 2.13. The van der Waals surface area contributed by atoms with Gasteiger partial charge in [-0.3, -0.25) is 4.79 Å². The minimum Gasteiger partial charge on any atom is -0.399 e. The second-order valence-corrected chi connectivity index (χ2v) is 5.02. The summed E-state index contributed by atoms with van der Waals surface area (Å²) in [4.78, 5) is 11.8. The lowest BCUT2D eigenvalue weighted by Crippen LogP contribution is -2.16. The largest absolute Gasteiger partial charge is 0.399 e. The van der Waals surface area contributed by atoms with E-state index in [0.29, 0.717) is 15.8 Å². The molecule has 0 radical (unpaired) electrons. The summed E-state index contributed by atoms with van der Waals surface area (Å²) in [6, 6.07) is 8.33. The maximum Gasteiger partial charge on any atom is 0.229 e. The quantitative estimate of drug-likeness (QED) is 0.840. The van der Waals surface area contributed by atoms with Gasteiger partial charge in [0, 0.05) is 15.7 Å². The number of carbonyl (C=O) groups is 1. The molecular formula is C14H11BrF2N2O. The first kappa shape index (κ1) is 14.5. The minimum atomic E-state index is -0.739. The third kappa shape index (κ3) is 3.33. The van der Waals surface area contributed by atoms with Gasteiger partial charge in [-0.2, -0.15) is 0 Å². The molecule has 0 saturated carbocycles. The fourth-order valence-corrected chi connectivity index (χ4v) is 2.18. The molecule has 0 bridgehead atoms. The van der Waals surface area contributed by atoms with Crippen LogP contribution in [0.4, 0.5) is 20.2 Å². The standard InChI is InChI=1S/C14H11BrF2N2O/c15-10-6-8(18)4-5-13(10)19-14(20)7-9-11(16)2-1-3-12(9)17/h1-6H,7,18H2,(H,19,20). The van der Waals surface area contributed by atoms with Crippen molar-refractivity contribution in [1.82, 2.24) is 0 Å². The number of nitrogens with one attached hydrogen (secondary N) is 1. The summed E-state index contributed by atoms with van der Waals surface area (Å²) in [7, 11) is 0. The van der Waals surface area contributed by atoms with Gasteiger partial charge in [0.2, 0.25) is 5.91 Å². The molecule has 0 aliphatic carbocycles. The molecule has 3 N–H and O–H groups in total. The van der Waals surface area contributed by atoms with Crippen LogP contribution in [0.2, 0.25) is 0 Å². The van der Waals surface area contributed by atoms with Crippen LogP contribution < -0.4 is 11.1 Å². The van der Waals surface area contributed by atoms with Crippen molar-refractivity contribution in [2.24, 2.45) is 0 Å². The molecule has 0 unspecified atom stereocenters. The van der Waals surface area contributed by atoms with E-state index in [4.69, 9.17) is 5.73 Å². The SMILES string of the molecule is Nc1ccc(NC(=O)Cc2c(F)cccc2F)c(Br)c1. The molecule has 0 atom stereocenters. The Balaban J connectivity index is 2.13. The third-order valence-corrected chi connectivity index (χ3v) is 3.32. The summed E-state index contributed by atoms with van der Waals surface area (Å²) in [5.74, 6) is -1.99. The van der Waals surface area contributed by atoms with Gasteiger partial charge in [-0.15, -0.1) is 0 Å². The summed E-state index contributed by atoms with van der Waals surface area (Å²) in [6.07, 6.45) is -0.380. The van der Waals surface area contributed by atoms with Crippen LogP contribution in [0.25, 0.3) is 0 Å². The zero-order chi connectivity index (χ0) is 14.7. The molecule has 2 aromatic carbocycles. The van der Waals surface area contributed by atoms with Crippen molar-refractivity contribution in [2.75, 3.05) is 11.1 Å². The molecule has 0 aliphatic rings. The van der Waals surface area contributed by atoms with Gasteiger partial charge in [0.1, 0.15) is 11.6 Å². The van der Waals surface area contributed by atoms with Crippen molar-refractivity contribution in [3.05, 3.63) is 58.1 Å². The predicted molar refractivity (Wildman–Crippen MR) is 77.2 cm³/mol. The Morgan fingerprint density at radius 2 is 1.85 bits per heavy atom. The highest BCUT2D eigenvalue weighted by Crippen LogP contribution is 2.25. The van der Waals surface area contributed by atoms with Crippen LogP contribution in [-0.2, 0) is 11.2 Å². The van der Waals surface area contributed by atoms with Crippen LogP contribution in [0.1, 0.15) is 5.56 Å². The van der Waals surface area contributed by atoms with E-state index in [1.807, 2.05) is 0 Å². The Kier molecular flexibility index (Phi) is 4.34. The monoisotopic (exact) mass is 340 g/mol. The topological polar surface area (TPSA) is 55.1 Å². The molecule has 0 spiro atoms. The normalized spacial score (nSPS) is 10.3. The fourth-order valence-electron chi connectivity index (χ4n) is 1.69. The lowest BCUT2D eigenvalue weighted by molar-refractivity contribution is -0.115. The molecule has 20 heavy (non-hydrogen) atoms. The number of carbonyl (C=O) groups excluding carboxylic acids is 1. The van der Waals surface area contributed by atoms with Crippen LogP contribution in [0, 0.1) is 11.6 Å². The molecule has 0 heterocycles. The Morgan fingerprint density at radius 3 is 2.45 bits per heavy atom. The molecule has 2 aromatic rings. The van der Waals surface area contributed by atoms with E-state index in [9.17, 15) is 13.6 Å². The van der Waals surface area contributed by atoms with Gasteiger partial charge in [-0.25, -0.2) is 8.78 Å². The van der Waals surface area contributed by atoms with Gasteiger partial charge in [0.25, 0.3) is 0 Å². The van der Waals surface area contributed by atoms with Gasteiger partial charge < -0.3 is 11.1 Å². The smallest absolute Gasteiger partial charge is 0.229 e. The molecule has 1 amide bonds. The number of nitrogen functional groups attached to an aromatic ring is 1. The summed E-state index contributed by atoms with van der Waals surface area (Å²) < 4.78 is 27.5. The molecule has 6 heteroatoms. The van der Waals surface area contributed by atoms with E-state index in [2.05, 4.69) is 21.2 Å². The van der Waals surface area contributed by atoms with Gasteiger partial charge in [-0.05, 0) is 46.3 Å². The number of anilines is 2. The van der Waals surface area contributed by atoms with Crippen molar-refractivity contribution in [1.29, 1.82) is 0 Å². The van der Waals surface area contributed by atoms with E-state index >= 15 is 0 Å². The van der Waals surface area contributed by atoms with Crippen LogP contribution in [0.5, 0.6) is 0 Å². The van der Waals surface area contributed by atoms with Crippen molar-refractivity contribution < 1.29 is 13.6 Å². The Hall–Kier alpha value is -1.95. The molecule has 0 aromatic heterocycles. The van der Waals surface area contributed by atoms with Crippen molar-refractivity contribution in [2.45, 2.75) is 6.42 Å².